The summed E-state index contributed by atoms with van der Waals surface area (Å²) in [7, 11) is 0. The summed E-state index contributed by atoms with van der Waals surface area (Å²) in [6.45, 7) is 7.33. The predicted molar refractivity (Wildman–Crippen MR) is 169 cm³/mol. The number of aliphatic imine (C=N–C) groups is 1. The molecular formula is C30H28F3N7OS2. The van der Waals surface area contributed by atoms with Crippen molar-refractivity contribution in [1.82, 2.24) is 20.2 Å². The average Bonchev–Trinajstić information content (AvgIpc) is 3.63. The molecule has 1 N–H and O–H groups in total. The van der Waals surface area contributed by atoms with E-state index in [4.69, 9.17) is 12.2 Å². The van der Waals surface area contributed by atoms with Gasteiger partial charge in [0, 0.05) is 23.5 Å². The predicted octanol–water partition coefficient (Wildman–Crippen LogP) is 7.08. The molecule has 0 bridgehead atoms. The van der Waals surface area contributed by atoms with Crippen molar-refractivity contribution in [3.63, 3.8) is 0 Å². The molecule has 0 spiro atoms. The zero-order valence-electron chi connectivity index (χ0n) is 23.5. The van der Waals surface area contributed by atoms with Crippen molar-refractivity contribution >= 4 is 46.2 Å². The first-order valence-electron chi connectivity index (χ1n) is 13.4. The van der Waals surface area contributed by atoms with Gasteiger partial charge >= 0.3 is 6.36 Å². The highest BCUT2D eigenvalue weighted by Gasteiger charge is 2.31. The van der Waals surface area contributed by atoms with E-state index in [9.17, 15) is 13.2 Å². The highest BCUT2D eigenvalue weighted by atomic mass is 32.2. The van der Waals surface area contributed by atoms with E-state index in [0.29, 0.717) is 17.4 Å². The molecule has 1 aliphatic heterocycles. The number of benzene rings is 3. The van der Waals surface area contributed by atoms with E-state index in [2.05, 4.69) is 74.2 Å². The molecule has 1 fully saturated rings. The third-order valence-corrected chi connectivity index (χ3v) is 7.58. The fraction of sp³-hybridized carbons (Fsp3) is 0.233. The van der Waals surface area contributed by atoms with Crippen LogP contribution in [0.4, 0.5) is 18.9 Å². The molecule has 0 saturated carbocycles. The van der Waals surface area contributed by atoms with Gasteiger partial charge in [0.15, 0.2) is 11.0 Å². The third kappa shape index (κ3) is 7.79. The Kier molecular flexibility index (Phi) is 9.11. The molecule has 1 aromatic heterocycles. The number of amidine groups is 1. The van der Waals surface area contributed by atoms with Gasteiger partial charge in [0.05, 0.1) is 11.9 Å². The topological polar surface area (TPSA) is 79.9 Å². The molecule has 13 heteroatoms. The van der Waals surface area contributed by atoms with Crippen LogP contribution in [-0.4, -0.2) is 49.9 Å². The zero-order chi connectivity index (χ0) is 30.6. The minimum absolute atomic E-state index is 0.272. The van der Waals surface area contributed by atoms with Crippen LogP contribution in [-0.2, 0) is 0 Å². The number of aromatic nitrogens is 3. The molecule has 0 atom stereocenters. The van der Waals surface area contributed by atoms with Crippen molar-refractivity contribution in [2.24, 2.45) is 10.1 Å². The maximum atomic E-state index is 12.4. The maximum Gasteiger partial charge on any atom is 0.573 e. The summed E-state index contributed by atoms with van der Waals surface area (Å²) in [4.78, 5) is 11.2. The number of halogens is 3. The second kappa shape index (κ2) is 13.0. The first-order chi connectivity index (χ1) is 20.6. The van der Waals surface area contributed by atoms with E-state index in [1.165, 1.54) is 46.4 Å². The molecule has 2 heterocycles. The number of hydrogen-bond donors (Lipinski definition) is 1. The molecule has 4 aromatic rings. The number of thioether (sulfide) groups is 1. The first-order valence-corrected chi connectivity index (χ1v) is 14.8. The zero-order valence-corrected chi connectivity index (χ0v) is 25.2. The maximum absolute atomic E-state index is 12.4. The van der Waals surface area contributed by atoms with Gasteiger partial charge in [0.1, 0.15) is 12.1 Å². The van der Waals surface area contributed by atoms with E-state index in [1.54, 1.807) is 18.0 Å². The molecule has 0 radical (unpaired) electrons. The number of anilines is 1. The quantitative estimate of drug-likeness (QED) is 0.134. The summed E-state index contributed by atoms with van der Waals surface area (Å²) >= 11 is 7.12. The average molecular weight is 624 g/mol. The van der Waals surface area contributed by atoms with Gasteiger partial charge in [-0.1, -0.05) is 62.0 Å². The fourth-order valence-electron chi connectivity index (χ4n) is 4.41. The van der Waals surface area contributed by atoms with Crippen molar-refractivity contribution in [1.29, 1.82) is 0 Å². The van der Waals surface area contributed by atoms with Gasteiger partial charge < -0.3 is 9.64 Å². The lowest BCUT2D eigenvalue weighted by Gasteiger charge is -2.23. The Bertz CT molecular complexity index is 1650. The lowest BCUT2D eigenvalue weighted by molar-refractivity contribution is -0.274. The first kappa shape index (κ1) is 30.2. The Hall–Kier alpha value is -4.23. The van der Waals surface area contributed by atoms with Gasteiger partial charge in [-0.05, 0) is 72.1 Å². The van der Waals surface area contributed by atoms with E-state index in [0.717, 1.165) is 34.3 Å². The summed E-state index contributed by atoms with van der Waals surface area (Å²) in [6.07, 6.45) is -1.61. The SMILES string of the molecule is Cc1ccc(C(C)C)c(N2CCS/C2=N\C(=S)N/N=C/c2ccc(-c3ncn(-c4ccc(OC(F)(F)F)cc4)n3)cc2)c1. The second-order valence-electron chi connectivity index (χ2n) is 9.96. The van der Waals surface area contributed by atoms with Gasteiger partial charge in [0.25, 0.3) is 0 Å². The molecule has 0 unspecified atom stereocenters. The number of aryl methyl sites for hydroxylation is 1. The number of alkyl halides is 3. The van der Waals surface area contributed by atoms with Crippen LogP contribution >= 0.6 is 24.0 Å². The van der Waals surface area contributed by atoms with Crippen molar-refractivity contribution in [2.75, 3.05) is 17.2 Å². The molecule has 5 rings (SSSR count). The van der Waals surface area contributed by atoms with Crippen molar-refractivity contribution in [3.05, 3.63) is 89.7 Å². The number of ether oxygens (including phenoxy) is 1. The largest absolute Gasteiger partial charge is 0.573 e. The Morgan fingerprint density at radius 1 is 1.09 bits per heavy atom. The van der Waals surface area contributed by atoms with E-state index < -0.39 is 6.36 Å². The summed E-state index contributed by atoms with van der Waals surface area (Å²) in [6, 6.07) is 19.3. The highest BCUT2D eigenvalue weighted by Crippen LogP contribution is 2.33. The number of hydrogen-bond acceptors (Lipinski definition) is 6. The Balaban J connectivity index is 1.20. The van der Waals surface area contributed by atoms with Gasteiger partial charge in [-0.3, -0.25) is 5.43 Å². The summed E-state index contributed by atoms with van der Waals surface area (Å²) < 4.78 is 42.6. The molecule has 1 aliphatic rings. The summed E-state index contributed by atoms with van der Waals surface area (Å²) in [5.74, 6) is 1.47. The van der Waals surface area contributed by atoms with Crippen LogP contribution in [0.1, 0.15) is 36.5 Å². The van der Waals surface area contributed by atoms with Crippen LogP contribution in [0.3, 0.4) is 0 Å². The monoisotopic (exact) mass is 623 g/mol. The van der Waals surface area contributed by atoms with Gasteiger partial charge in [0.2, 0.25) is 5.11 Å². The molecule has 8 nitrogen and oxygen atoms in total. The lowest BCUT2D eigenvalue weighted by atomic mass is 9.99. The number of rotatable bonds is 7. The summed E-state index contributed by atoms with van der Waals surface area (Å²) in [5.41, 5.74) is 8.60. The molecule has 0 aliphatic carbocycles. The van der Waals surface area contributed by atoms with E-state index in [-0.39, 0.29) is 10.9 Å². The molecular weight excluding hydrogens is 596 g/mol. The Morgan fingerprint density at radius 2 is 1.84 bits per heavy atom. The minimum Gasteiger partial charge on any atom is -0.406 e. The van der Waals surface area contributed by atoms with Gasteiger partial charge in [-0.25, -0.2) is 9.67 Å². The minimum atomic E-state index is -4.74. The van der Waals surface area contributed by atoms with Crippen LogP contribution in [0.2, 0.25) is 0 Å². The standard InChI is InChI=1S/C30H28F3N7OS2/c1-19(2)25-13-4-20(3)16-26(25)39-14-15-43-29(39)36-28(42)37-35-17-21-5-7-22(8-6-21)27-34-18-40(38-27)23-9-11-24(12-10-23)41-30(31,32)33/h4-13,16-19H,14-15H2,1-3H3,(H,37,42)/b35-17+,36-29-. The van der Waals surface area contributed by atoms with Crippen LogP contribution in [0.25, 0.3) is 17.1 Å². The third-order valence-electron chi connectivity index (χ3n) is 6.44. The molecule has 1 saturated heterocycles. The molecule has 222 valence electrons. The molecule has 0 amide bonds. The van der Waals surface area contributed by atoms with Crippen LogP contribution in [0.15, 0.2) is 83.2 Å². The Morgan fingerprint density at radius 3 is 2.53 bits per heavy atom. The lowest BCUT2D eigenvalue weighted by Crippen LogP contribution is -2.27. The number of thiocarbonyl (C=S) groups is 1. The van der Waals surface area contributed by atoms with Crippen LogP contribution in [0.5, 0.6) is 5.75 Å². The molecule has 43 heavy (non-hydrogen) atoms. The highest BCUT2D eigenvalue weighted by molar-refractivity contribution is 8.14. The van der Waals surface area contributed by atoms with E-state index >= 15 is 0 Å². The second-order valence-corrected chi connectivity index (χ2v) is 11.4. The van der Waals surface area contributed by atoms with E-state index in [1.807, 2.05) is 24.3 Å². The number of nitrogens with one attached hydrogen (secondary N) is 1. The van der Waals surface area contributed by atoms with Gasteiger partial charge in [-0.2, -0.15) is 10.1 Å². The van der Waals surface area contributed by atoms with Crippen molar-refractivity contribution in [3.8, 4) is 22.8 Å². The number of nitrogens with zero attached hydrogens (tertiary/aromatic N) is 6. The van der Waals surface area contributed by atoms with Crippen molar-refractivity contribution in [2.45, 2.75) is 33.1 Å². The van der Waals surface area contributed by atoms with Crippen LogP contribution < -0.4 is 15.1 Å². The van der Waals surface area contributed by atoms with Crippen molar-refractivity contribution < 1.29 is 17.9 Å². The van der Waals surface area contributed by atoms with Gasteiger partial charge in [-0.15, -0.1) is 18.3 Å². The van der Waals surface area contributed by atoms with Crippen LogP contribution in [0, 0.1) is 6.92 Å². The number of hydrazone groups is 1. The summed E-state index contributed by atoms with van der Waals surface area (Å²) in [5, 5.41) is 9.80. The Labute approximate surface area is 256 Å². The molecule has 3 aromatic carbocycles. The smallest absolute Gasteiger partial charge is 0.406 e. The normalized spacial score (nSPS) is 14.7. The fourth-order valence-corrected chi connectivity index (χ4v) is 5.56.